The normalized spacial score (nSPS) is 11.0. The van der Waals surface area contributed by atoms with E-state index in [2.05, 4.69) is 4.98 Å². The number of primary sulfonamides is 1. The minimum Gasteiger partial charge on any atom is -0.490 e. The predicted molar refractivity (Wildman–Crippen MR) is 77.8 cm³/mol. The third kappa shape index (κ3) is 4.54. The Hall–Kier alpha value is -2.45. The van der Waals surface area contributed by atoms with Gasteiger partial charge in [-0.15, -0.1) is 0 Å². The highest BCUT2D eigenvalue weighted by molar-refractivity contribution is 7.89. The summed E-state index contributed by atoms with van der Waals surface area (Å²) in [5.41, 5.74) is 0.361. The first kappa shape index (κ1) is 15.9. The van der Waals surface area contributed by atoms with Crippen LogP contribution in [-0.4, -0.2) is 32.6 Å². The fourth-order valence-corrected chi connectivity index (χ4v) is 2.10. The summed E-state index contributed by atoms with van der Waals surface area (Å²) >= 11 is 0. The van der Waals surface area contributed by atoms with Gasteiger partial charge < -0.3 is 9.47 Å². The van der Waals surface area contributed by atoms with E-state index in [1.165, 1.54) is 30.5 Å². The lowest BCUT2D eigenvalue weighted by Crippen LogP contribution is -2.13. The van der Waals surface area contributed by atoms with Crippen molar-refractivity contribution in [2.75, 3.05) is 13.2 Å². The van der Waals surface area contributed by atoms with Crippen LogP contribution in [0.4, 0.5) is 0 Å². The van der Waals surface area contributed by atoms with Crippen LogP contribution in [0.5, 0.6) is 5.75 Å². The lowest BCUT2D eigenvalue weighted by Gasteiger charge is -2.07. The maximum atomic E-state index is 11.6. The highest BCUT2D eigenvalue weighted by atomic mass is 32.2. The van der Waals surface area contributed by atoms with E-state index in [1.807, 2.05) is 0 Å². The average molecular weight is 322 g/mol. The van der Waals surface area contributed by atoms with Crippen molar-refractivity contribution in [3.63, 3.8) is 0 Å². The fraction of sp³-hybridized carbons (Fsp3) is 0.143. The maximum absolute atomic E-state index is 11.6. The van der Waals surface area contributed by atoms with Crippen molar-refractivity contribution in [1.29, 1.82) is 0 Å². The summed E-state index contributed by atoms with van der Waals surface area (Å²) in [5.74, 6) is -0.0360. The summed E-state index contributed by atoms with van der Waals surface area (Å²) in [6, 6.07) is 8.87. The molecule has 0 amide bonds. The molecule has 0 fully saturated rings. The monoisotopic (exact) mass is 322 g/mol. The second-order valence-electron chi connectivity index (χ2n) is 4.24. The van der Waals surface area contributed by atoms with E-state index in [-0.39, 0.29) is 18.1 Å². The highest BCUT2D eigenvalue weighted by Crippen LogP contribution is 2.14. The molecule has 8 heteroatoms. The molecule has 2 aromatic rings. The van der Waals surface area contributed by atoms with Gasteiger partial charge in [0.15, 0.2) is 0 Å². The summed E-state index contributed by atoms with van der Waals surface area (Å²) in [4.78, 5) is 15.4. The van der Waals surface area contributed by atoms with Crippen LogP contribution in [0.3, 0.4) is 0 Å². The third-order valence-electron chi connectivity index (χ3n) is 2.63. The van der Waals surface area contributed by atoms with Gasteiger partial charge in [-0.25, -0.2) is 18.4 Å². The van der Waals surface area contributed by atoms with Crippen molar-refractivity contribution < 1.29 is 22.7 Å². The topological polar surface area (TPSA) is 109 Å². The second kappa shape index (κ2) is 7.01. The molecule has 2 rings (SSSR count). The largest absolute Gasteiger partial charge is 0.490 e. The van der Waals surface area contributed by atoms with Gasteiger partial charge in [0.25, 0.3) is 0 Å². The quantitative estimate of drug-likeness (QED) is 0.627. The smallest absolute Gasteiger partial charge is 0.339 e. The number of aromatic nitrogens is 1. The van der Waals surface area contributed by atoms with Crippen molar-refractivity contribution in [3.05, 3.63) is 54.4 Å². The molecular weight excluding hydrogens is 308 g/mol. The van der Waals surface area contributed by atoms with Crippen molar-refractivity contribution in [1.82, 2.24) is 4.98 Å². The van der Waals surface area contributed by atoms with Gasteiger partial charge >= 0.3 is 5.97 Å². The van der Waals surface area contributed by atoms with Gasteiger partial charge in [-0.1, -0.05) is 0 Å². The number of hydrogen-bond acceptors (Lipinski definition) is 6. The van der Waals surface area contributed by atoms with Gasteiger partial charge in [-0.05, 0) is 36.4 Å². The van der Waals surface area contributed by atoms with E-state index in [0.29, 0.717) is 11.3 Å². The number of hydrogen-bond donors (Lipinski definition) is 1. The van der Waals surface area contributed by atoms with Gasteiger partial charge in [0.05, 0.1) is 10.5 Å². The molecule has 0 radical (unpaired) electrons. The van der Waals surface area contributed by atoms with Crippen LogP contribution < -0.4 is 9.88 Å². The summed E-state index contributed by atoms with van der Waals surface area (Å²) in [6.45, 7) is 0.200. The Kier molecular flexibility index (Phi) is 5.08. The summed E-state index contributed by atoms with van der Waals surface area (Å²) in [6.07, 6.45) is 2.97. The van der Waals surface area contributed by atoms with Gasteiger partial charge in [0.1, 0.15) is 19.0 Å². The van der Waals surface area contributed by atoms with E-state index in [1.54, 1.807) is 18.3 Å². The number of sulfonamides is 1. The molecule has 0 spiro atoms. The first-order chi connectivity index (χ1) is 10.5. The summed E-state index contributed by atoms with van der Waals surface area (Å²) in [7, 11) is -3.72. The van der Waals surface area contributed by atoms with E-state index in [4.69, 9.17) is 14.6 Å². The average Bonchev–Trinajstić information content (AvgIpc) is 2.52. The minimum absolute atomic E-state index is 0.00264. The first-order valence-corrected chi connectivity index (χ1v) is 7.84. The number of esters is 1. The summed E-state index contributed by atoms with van der Waals surface area (Å²) in [5, 5.41) is 4.99. The zero-order valence-corrected chi connectivity index (χ0v) is 12.3. The molecule has 1 aromatic carbocycles. The fourth-order valence-electron chi connectivity index (χ4n) is 1.59. The number of rotatable bonds is 6. The van der Waals surface area contributed by atoms with Crippen molar-refractivity contribution >= 4 is 16.0 Å². The number of ether oxygens (including phenoxy) is 2. The van der Waals surface area contributed by atoms with E-state index in [9.17, 15) is 13.2 Å². The van der Waals surface area contributed by atoms with Crippen LogP contribution in [0.25, 0.3) is 0 Å². The molecule has 0 unspecified atom stereocenters. The van der Waals surface area contributed by atoms with Crippen LogP contribution in [0, 0.1) is 0 Å². The lowest BCUT2D eigenvalue weighted by atomic mass is 10.3. The molecule has 0 atom stereocenters. The van der Waals surface area contributed by atoms with Crippen LogP contribution in [0.2, 0.25) is 0 Å². The van der Waals surface area contributed by atoms with E-state index < -0.39 is 16.0 Å². The van der Waals surface area contributed by atoms with Crippen LogP contribution >= 0.6 is 0 Å². The van der Waals surface area contributed by atoms with Crippen molar-refractivity contribution in [2.45, 2.75) is 4.90 Å². The molecule has 1 aromatic heterocycles. The molecule has 0 aliphatic heterocycles. The van der Waals surface area contributed by atoms with Crippen LogP contribution in [0.15, 0.2) is 53.7 Å². The number of nitrogens with two attached hydrogens (primary N) is 1. The maximum Gasteiger partial charge on any atom is 0.339 e. The number of benzene rings is 1. The minimum atomic E-state index is -3.72. The molecular formula is C14H14N2O5S. The third-order valence-corrected chi connectivity index (χ3v) is 3.56. The number of nitrogens with zero attached hydrogens (tertiary/aromatic N) is 1. The molecule has 0 aliphatic carbocycles. The van der Waals surface area contributed by atoms with E-state index >= 15 is 0 Å². The van der Waals surface area contributed by atoms with Crippen molar-refractivity contribution in [3.8, 4) is 5.75 Å². The van der Waals surface area contributed by atoms with Gasteiger partial charge in [0, 0.05) is 12.4 Å². The highest BCUT2D eigenvalue weighted by Gasteiger charge is 2.08. The van der Waals surface area contributed by atoms with Gasteiger partial charge in [0.2, 0.25) is 10.0 Å². The molecule has 2 N–H and O–H groups in total. The molecule has 0 saturated carbocycles. The zero-order chi connectivity index (χ0) is 16.0. The van der Waals surface area contributed by atoms with Crippen LogP contribution in [-0.2, 0) is 14.8 Å². The first-order valence-electron chi connectivity index (χ1n) is 6.29. The number of carbonyl (C=O) groups is 1. The van der Waals surface area contributed by atoms with Gasteiger partial charge in [-0.3, -0.25) is 4.98 Å². The molecule has 22 heavy (non-hydrogen) atoms. The number of pyridine rings is 1. The Morgan fingerprint density at radius 3 is 2.45 bits per heavy atom. The summed E-state index contributed by atoms with van der Waals surface area (Å²) < 4.78 is 32.5. The Morgan fingerprint density at radius 1 is 1.14 bits per heavy atom. The Balaban J connectivity index is 1.78. The molecule has 1 heterocycles. The molecule has 0 aliphatic rings. The Labute approximate surface area is 127 Å². The SMILES string of the molecule is NS(=O)(=O)c1ccc(OCCOC(=O)c2cccnc2)cc1. The Bertz CT molecular complexity index is 730. The Morgan fingerprint density at radius 2 is 1.86 bits per heavy atom. The second-order valence-corrected chi connectivity index (χ2v) is 5.80. The zero-order valence-electron chi connectivity index (χ0n) is 11.5. The molecule has 0 saturated heterocycles. The molecule has 0 bridgehead atoms. The standard InChI is InChI=1S/C14H14N2O5S/c15-22(18,19)13-5-3-12(4-6-13)20-8-9-21-14(17)11-2-1-7-16-10-11/h1-7,10H,8-9H2,(H2,15,18,19). The molecule has 116 valence electrons. The molecule has 7 nitrogen and oxygen atoms in total. The van der Waals surface area contributed by atoms with Crippen LogP contribution in [0.1, 0.15) is 10.4 Å². The predicted octanol–water partition coefficient (Wildman–Crippen LogP) is 0.965. The van der Waals surface area contributed by atoms with E-state index in [0.717, 1.165) is 0 Å². The van der Waals surface area contributed by atoms with Crippen molar-refractivity contribution in [2.24, 2.45) is 5.14 Å². The van der Waals surface area contributed by atoms with Gasteiger partial charge in [-0.2, -0.15) is 0 Å². The number of carbonyl (C=O) groups excluding carboxylic acids is 1. The lowest BCUT2D eigenvalue weighted by molar-refractivity contribution is 0.0450.